The van der Waals surface area contributed by atoms with Gasteiger partial charge in [0, 0.05) is 0 Å². The Hall–Kier alpha value is 1.48. The van der Waals surface area contributed by atoms with Crippen LogP contribution in [0.25, 0.3) is 0 Å². The van der Waals surface area contributed by atoms with Gasteiger partial charge in [0.1, 0.15) is 0 Å². The fourth-order valence-electron chi connectivity index (χ4n) is 0.134. The molecule has 5 heavy (non-hydrogen) atoms. The van der Waals surface area contributed by atoms with Crippen LogP contribution >= 0.6 is 15.9 Å². The van der Waals surface area contributed by atoms with Gasteiger partial charge in [-0.25, -0.2) is 0 Å². The third-order valence-electron chi connectivity index (χ3n) is 0.487. The fourth-order valence-corrected chi connectivity index (χ4v) is 2.08. The van der Waals surface area contributed by atoms with Gasteiger partial charge >= 0.3 is 59.3 Å². The van der Waals surface area contributed by atoms with Crippen molar-refractivity contribution in [2.75, 3.05) is 5.33 Å². The van der Waals surface area contributed by atoms with E-state index in [-0.39, 0.29) is 0 Å². The van der Waals surface area contributed by atoms with Crippen molar-refractivity contribution >= 4 is 43.9 Å². The van der Waals surface area contributed by atoms with E-state index in [9.17, 15) is 0 Å². The molecular weight excluding hydrogens is 139 g/mol. The summed E-state index contributed by atoms with van der Waals surface area (Å²) in [5.74, 6) is 0. The molecule has 0 unspecified atom stereocenters. The van der Waals surface area contributed by atoms with Crippen molar-refractivity contribution in [1.29, 1.82) is 0 Å². The standard InChI is InChI=1S/C3H6Br.Na/c1-2-3-4;/h1-3H2;. The molecule has 0 heterocycles. The molecule has 0 bridgehead atoms. The number of halogens is 1. The summed E-state index contributed by atoms with van der Waals surface area (Å²) in [7, 11) is 0. The second-order valence-corrected chi connectivity index (χ2v) is 2.84. The number of hydrogen-bond acceptors (Lipinski definition) is 0. The Kier molecular flexibility index (Phi) is 7.10. The summed E-state index contributed by atoms with van der Waals surface area (Å²) in [6.07, 6.45) is 1.37. The molecule has 0 atom stereocenters. The molecule has 0 rings (SSSR count). The SMILES string of the molecule is [Na][CH2]CCBr. The van der Waals surface area contributed by atoms with Crippen LogP contribution in [0.2, 0.25) is 3.67 Å². The average Bonchev–Trinajstić information content (AvgIpc) is 1.41. The normalized spacial score (nSPS) is 8.60. The van der Waals surface area contributed by atoms with Gasteiger partial charge in [0.2, 0.25) is 0 Å². The van der Waals surface area contributed by atoms with Crippen molar-refractivity contribution in [3.8, 4) is 0 Å². The van der Waals surface area contributed by atoms with Crippen LogP contribution in [0.1, 0.15) is 6.42 Å². The first-order valence-electron chi connectivity index (χ1n) is 1.97. The predicted octanol–water partition coefficient (Wildman–Crippen LogP) is 1.36. The molecule has 0 amide bonds. The molecular formula is C3H6BrNa. The summed E-state index contributed by atoms with van der Waals surface area (Å²) in [6, 6.07) is 0. The third kappa shape index (κ3) is 5.48. The van der Waals surface area contributed by atoms with Crippen LogP contribution in [0.3, 0.4) is 0 Å². The van der Waals surface area contributed by atoms with E-state index in [0.717, 1.165) is 0 Å². The van der Waals surface area contributed by atoms with Gasteiger partial charge in [-0.05, 0) is 0 Å². The Labute approximate surface area is 58.9 Å². The molecule has 0 spiro atoms. The van der Waals surface area contributed by atoms with Crippen molar-refractivity contribution in [3.05, 3.63) is 0 Å². The topological polar surface area (TPSA) is 0 Å². The van der Waals surface area contributed by atoms with Gasteiger partial charge in [-0.2, -0.15) is 0 Å². The van der Waals surface area contributed by atoms with Gasteiger partial charge in [-0.3, -0.25) is 0 Å². The van der Waals surface area contributed by atoms with Crippen LogP contribution in [-0.2, 0) is 0 Å². The zero-order valence-electron chi connectivity index (χ0n) is 3.50. The van der Waals surface area contributed by atoms with E-state index >= 15 is 0 Å². The first-order chi connectivity index (χ1) is 2.41. The maximum atomic E-state index is 3.33. The van der Waals surface area contributed by atoms with Gasteiger partial charge in [0.25, 0.3) is 0 Å². The average molecular weight is 145 g/mol. The van der Waals surface area contributed by atoms with Crippen LogP contribution in [0.15, 0.2) is 0 Å². The van der Waals surface area contributed by atoms with Crippen LogP contribution in [0.4, 0.5) is 0 Å². The molecule has 0 saturated carbocycles. The first-order valence-corrected chi connectivity index (χ1v) is 4.51. The Morgan fingerprint density at radius 3 is 2.20 bits per heavy atom. The fraction of sp³-hybridized carbons (Fsp3) is 1.00. The minimum atomic E-state index is 1.19. The Bertz CT molecular complexity index is 14.4. The Balaban J connectivity index is 2.19. The second-order valence-electron chi connectivity index (χ2n) is 1.04. The molecule has 2 heteroatoms. The summed E-state index contributed by atoms with van der Waals surface area (Å²) < 4.78 is 1.44. The Morgan fingerprint density at radius 1 is 1.60 bits per heavy atom. The molecule has 0 radical (unpaired) electrons. The van der Waals surface area contributed by atoms with Crippen molar-refractivity contribution in [2.45, 2.75) is 10.1 Å². The van der Waals surface area contributed by atoms with Crippen LogP contribution < -0.4 is 0 Å². The third-order valence-corrected chi connectivity index (χ3v) is 1.76. The minimum absolute atomic E-state index is 1.19. The van der Waals surface area contributed by atoms with Gasteiger partial charge < -0.3 is 0 Å². The zero-order chi connectivity index (χ0) is 4.12. The monoisotopic (exact) mass is 144 g/mol. The number of hydrogen-bond donors (Lipinski definition) is 0. The molecule has 0 aliphatic rings. The van der Waals surface area contributed by atoms with Crippen molar-refractivity contribution in [1.82, 2.24) is 0 Å². The van der Waals surface area contributed by atoms with E-state index in [1.54, 1.807) is 0 Å². The molecule has 26 valence electrons. The van der Waals surface area contributed by atoms with Crippen molar-refractivity contribution in [3.63, 3.8) is 0 Å². The van der Waals surface area contributed by atoms with Crippen LogP contribution in [-0.4, -0.2) is 33.3 Å². The van der Waals surface area contributed by atoms with Gasteiger partial charge in [0.05, 0.1) is 0 Å². The number of rotatable bonds is 2. The molecule has 0 aromatic carbocycles. The molecule has 0 nitrogen and oxygen atoms in total. The van der Waals surface area contributed by atoms with Gasteiger partial charge in [-0.1, -0.05) is 0 Å². The summed E-state index contributed by atoms with van der Waals surface area (Å²) in [6.45, 7) is 0. The molecule has 0 aromatic rings. The van der Waals surface area contributed by atoms with E-state index in [1.165, 1.54) is 43.4 Å². The van der Waals surface area contributed by atoms with Crippen molar-refractivity contribution < 1.29 is 0 Å². The molecule has 0 N–H and O–H groups in total. The van der Waals surface area contributed by atoms with E-state index in [4.69, 9.17) is 0 Å². The van der Waals surface area contributed by atoms with E-state index in [1.807, 2.05) is 0 Å². The predicted molar refractivity (Wildman–Crippen MR) is 29.0 cm³/mol. The Morgan fingerprint density at radius 2 is 2.20 bits per heavy atom. The molecule has 0 aromatic heterocycles. The van der Waals surface area contributed by atoms with E-state index in [2.05, 4.69) is 15.9 Å². The summed E-state index contributed by atoms with van der Waals surface area (Å²) in [5, 5.41) is 1.19. The van der Waals surface area contributed by atoms with E-state index < -0.39 is 0 Å². The van der Waals surface area contributed by atoms with Gasteiger partial charge in [0.15, 0.2) is 0 Å². The quantitative estimate of drug-likeness (QED) is 0.406. The summed E-state index contributed by atoms with van der Waals surface area (Å²) in [4.78, 5) is 0. The zero-order valence-corrected chi connectivity index (χ0v) is 7.09. The number of alkyl halides is 1. The van der Waals surface area contributed by atoms with Crippen LogP contribution in [0, 0.1) is 0 Å². The molecule has 0 aliphatic heterocycles. The molecule has 0 saturated heterocycles. The first kappa shape index (κ1) is 6.48. The van der Waals surface area contributed by atoms with E-state index in [0.29, 0.717) is 0 Å². The summed E-state index contributed by atoms with van der Waals surface area (Å²) in [5.41, 5.74) is 0. The summed E-state index contributed by atoms with van der Waals surface area (Å²) >= 11 is 4.70. The molecule has 0 fully saturated rings. The maximum absolute atomic E-state index is 3.33. The van der Waals surface area contributed by atoms with Gasteiger partial charge in [-0.15, -0.1) is 0 Å². The second kappa shape index (κ2) is 5.48. The van der Waals surface area contributed by atoms with Crippen molar-refractivity contribution in [2.24, 2.45) is 0 Å². The molecule has 0 aliphatic carbocycles. The van der Waals surface area contributed by atoms with Crippen LogP contribution in [0.5, 0.6) is 0 Å².